The Kier molecular flexibility index (Phi) is 3.32. The molecule has 0 unspecified atom stereocenters. The van der Waals surface area contributed by atoms with Crippen LogP contribution in [-0.4, -0.2) is 20.0 Å². The molecule has 96 valence electrons. The van der Waals surface area contributed by atoms with Gasteiger partial charge in [-0.3, -0.25) is 4.98 Å². The van der Waals surface area contributed by atoms with Crippen molar-refractivity contribution in [3.63, 3.8) is 0 Å². The standard InChI is InChI=1S/C13H19N5/c1-13(2,3)11-12(14)16-17-18(11)9-7-10-6-4-5-8-15-10/h4-6,8H,7,9,14H2,1-3H3. The van der Waals surface area contributed by atoms with Crippen LogP contribution in [0.15, 0.2) is 24.4 Å². The largest absolute Gasteiger partial charge is 0.381 e. The summed E-state index contributed by atoms with van der Waals surface area (Å²) in [4.78, 5) is 4.30. The number of rotatable bonds is 3. The predicted molar refractivity (Wildman–Crippen MR) is 71.1 cm³/mol. The summed E-state index contributed by atoms with van der Waals surface area (Å²) in [6.45, 7) is 7.08. The van der Waals surface area contributed by atoms with E-state index in [9.17, 15) is 0 Å². The average molecular weight is 245 g/mol. The summed E-state index contributed by atoms with van der Waals surface area (Å²) in [5.41, 5.74) is 7.86. The predicted octanol–water partition coefficient (Wildman–Crippen LogP) is 1.80. The van der Waals surface area contributed by atoms with E-state index in [1.165, 1.54) is 0 Å². The summed E-state index contributed by atoms with van der Waals surface area (Å²) in [6, 6.07) is 5.91. The first kappa shape index (κ1) is 12.5. The second-order valence-electron chi connectivity index (χ2n) is 5.37. The van der Waals surface area contributed by atoms with Gasteiger partial charge in [0.1, 0.15) is 0 Å². The van der Waals surface area contributed by atoms with Crippen LogP contribution < -0.4 is 5.73 Å². The minimum absolute atomic E-state index is 0.0578. The molecule has 0 bridgehead atoms. The molecule has 0 aromatic carbocycles. The Bertz CT molecular complexity index is 510. The zero-order valence-corrected chi connectivity index (χ0v) is 11.1. The molecule has 5 nitrogen and oxygen atoms in total. The lowest BCUT2D eigenvalue weighted by atomic mass is 9.92. The number of hydrogen-bond acceptors (Lipinski definition) is 4. The fourth-order valence-electron chi connectivity index (χ4n) is 2.02. The second kappa shape index (κ2) is 4.76. The van der Waals surface area contributed by atoms with Gasteiger partial charge in [0.2, 0.25) is 0 Å². The zero-order chi connectivity index (χ0) is 13.2. The molecule has 0 spiro atoms. The number of aromatic nitrogens is 4. The molecular formula is C13H19N5. The SMILES string of the molecule is CC(C)(C)c1c(N)nnn1CCc1ccccn1. The molecule has 18 heavy (non-hydrogen) atoms. The van der Waals surface area contributed by atoms with Crippen LogP contribution in [0.4, 0.5) is 5.82 Å². The second-order valence-corrected chi connectivity index (χ2v) is 5.37. The van der Waals surface area contributed by atoms with Gasteiger partial charge in [-0.15, -0.1) is 5.10 Å². The molecule has 0 amide bonds. The van der Waals surface area contributed by atoms with Crippen molar-refractivity contribution < 1.29 is 0 Å². The summed E-state index contributed by atoms with van der Waals surface area (Å²) in [5.74, 6) is 0.517. The van der Waals surface area contributed by atoms with Crippen LogP contribution in [-0.2, 0) is 18.4 Å². The van der Waals surface area contributed by atoms with E-state index in [4.69, 9.17) is 5.73 Å². The van der Waals surface area contributed by atoms with E-state index in [1.807, 2.05) is 22.9 Å². The molecule has 0 aliphatic carbocycles. The van der Waals surface area contributed by atoms with Crippen molar-refractivity contribution in [3.8, 4) is 0 Å². The number of anilines is 1. The van der Waals surface area contributed by atoms with Gasteiger partial charge in [0.25, 0.3) is 0 Å². The average Bonchev–Trinajstić information content (AvgIpc) is 2.69. The highest BCUT2D eigenvalue weighted by atomic mass is 15.4. The number of nitrogens with zero attached hydrogens (tertiary/aromatic N) is 4. The number of aryl methyl sites for hydroxylation is 2. The van der Waals surface area contributed by atoms with Crippen LogP contribution in [0.2, 0.25) is 0 Å². The Labute approximate surface area is 107 Å². The van der Waals surface area contributed by atoms with E-state index >= 15 is 0 Å². The first-order chi connectivity index (χ1) is 8.48. The van der Waals surface area contributed by atoms with Crippen LogP contribution in [0.5, 0.6) is 0 Å². The molecule has 0 atom stereocenters. The van der Waals surface area contributed by atoms with Gasteiger partial charge in [0.15, 0.2) is 5.82 Å². The van der Waals surface area contributed by atoms with E-state index in [-0.39, 0.29) is 5.41 Å². The Hall–Kier alpha value is -1.91. The number of nitrogen functional groups attached to an aromatic ring is 1. The lowest BCUT2D eigenvalue weighted by Crippen LogP contribution is -2.20. The van der Waals surface area contributed by atoms with Gasteiger partial charge in [-0.1, -0.05) is 32.1 Å². The summed E-state index contributed by atoms with van der Waals surface area (Å²) in [6.07, 6.45) is 2.63. The maximum absolute atomic E-state index is 5.89. The monoisotopic (exact) mass is 245 g/mol. The Balaban J connectivity index is 2.16. The Morgan fingerprint density at radius 2 is 2.06 bits per heavy atom. The third-order valence-corrected chi connectivity index (χ3v) is 2.78. The highest BCUT2D eigenvalue weighted by Gasteiger charge is 2.23. The Morgan fingerprint density at radius 3 is 2.67 bits per heavy atom. The molecule has 2 aromatic heterocycles. The molecule has 0 aliphatic rings. The zero-order valence-electron chi connectivity index (χ0n) is 11.1. The first-order valence-electron chi connectivity index (χ1n) is 6.08. The lowest BCUT2D eigenvalue weighted by molar-refractivity contribution is 0.479. The number of hydrogen-bond donors (Lipinski definition) is 1. The van der Waals surface area contributed by atoms with Crippen LogP contribution in [0, 0.1) is 0 Å². The maximum atomic E-state index is 5.89. The molecule has 2 heterocycles. The molecule has 0 saturated carbocycles. The van der Waals surface area contributed by atoms with E-state index < -0.39 is 0 Å². The molecule has 0 radical (unpaired) electrons. The van der Waals surface area contributed by atoms with Gasteiger partial charge in [-0.2, -0.15) is 0 Å². The van der Waals surface area contributed by atoms with Crippen molar-refractivity contribution in [3.05, 3.63) is 35.8 Å². The van der Waals surface area contributed by atoms with Crippen LogP contribution in [0.1, 0.15) is 32.2 Å². The first-order valence-corrected chi connectivity index (χ1v) is 6.08. The minimum Gasteiger partial charge on any atom is -0.381 e. The van der Waals surface area contributed by atoms with Gasteiger partial charge in [0.05, 0.1) is 5.69 Å². The van der Waals surface area contributed by atoms with Crippen LogP contribution in [0.25, 0.3) is 0 Å². The smallest absolute Gasteiger partial charge is 0.169 e. The molecule has 2 rings (SSSR count). The summed E-state index contributed by atoms with van der Waals surface area (Å²) in [5, 5.41) is 8.08. The molecule has 5 heteroatoms. The third kappa shape index (κ3) is 2.67. The van der Waals surface area contributed by atoms with Gasteiger partial charge < -0.3 is 5.73 Å². The normalized spacial score (nSPS) is 11.7. The Morgan fingerprint density at radius 1 is 1.28 bits per heavy atom. The fourth-order valence-corrected chi connectivity index (χ4v) is 2.02. The summed E-state index contributed by atoms with van der Waals surface area (Å²) < 4.78 is 1.88. The quantitative estimate of drug-likeness (QED) is 0.895. The van der Waals surface area contributed by atoms with Gasteiger partial charge in [-0.05, 0) is 12.1 Å². The molecule has 0 saturated heterocycles. The maximum Gasteiger partial charge on any atom is 0.169 e. The van der Waals surface area contributed by atoms with E-state index in [2.05, 4.69) is 36.1 Å². The van der Waals surface area contributed by atoms with Crippen molar-refractivity contribution in [2.24, 2.45) is 0 Å². The number of nitrogens with two attached hydrogens (primary N) is 1. The lowest BCUT2D eigenvalue weighted by Gasteiger charge is -2.20. The topological polar surface area (TPSA) is 69.6 Å². The summed E-state index contributed by atoms with van der Waals surface area (Å²) >= 11 is 0. The van der Waals surface area contributed by atoms with Crippen LogP contribution in [0.3, 0.4) is 0 Å². The van der Waals surface area contributed by atoms with Crippen molar-refractivity contribution in [1.82, 2.24) is 20.0 Å². The molecule has 0 fully saturated rings. The van der Waals surface area contributed by atoms with Crippen LogP contribution >= 0.6 is 0 Å². The molecule has 2 N–H and O–H groups in total. The van der Waals surface area contributed by atoms with E-state index in [0.29, 0.717) is 5.82 Å². The minimum atomic E-state index is -0.0578. The van der Waals surface area contributed by atoms with Crippen molar-refractivity contribution in [1.29, 1.82) is 0 Å². The highest BCUT2D eigenvalue weighted by molar-refractivity contribution is 5.37. The molecule has 0 aliphatic heterocycles. The number of pyridine rings is 1. The van der Waals surface area contributed by atoms with Crippen molar-refractivity contribution >= 4 is 5.82 Å². The van der Waals surface area contributed by atoms with Gasteiger partial charge in [-0.25, -0.2) is 4.68 Å². The highest BCUT2D eigenvalue weighted by Crippen LogP contribution is 2.25. The fraction of sp³-hybridized carbons (Fsp3) is 0.462. The van der Waals surface area contributed by atoms with Crippen molar-refractivity contribution in [2.45, 2.75) is 39.2 Å². The summed E-state index contributed by atoms with van der Waals surface area (Å²) in [7, 11) is 0. The molecule has 2 aromatic rings. The van der Waals surface area contributed by atoms with Crippen molar-refractivity contribution in [2.75, 3.05) is 5.73 Å². The molecular weight excluding hydrogens is 226 g/mol. The van der Waals surface area contributed by atoms with Gasteiger partial charge >= 0.3 is 0 Å². The van der Waals surface area contributed by atoms with E-state index in [1.54, 1.807) is 6.20 Å². The van der Waals surface area contributed by atoms with Gasteiger partial charge in [0, 0.05) is 30.3 Å². The van der Waals surface area contributed by atoms with E-state index in [0.717, 1.165) is 24.4 Å². The third-order valence-electron chi connectivity index (χ3n) is 2.78.